The fourth-order valence-electron chi connectivity index (χ4n) is 3.35. The molecule has 2 nitrogen and oxygen atoms in total. The number of nitrogens with zero attached hydrogens (tertiary/aromatic N) is 2. The van der Waals surface area contributed by atoms with Crippen molar-refractivity contribution in [3.05, 3.63) is 136 Å². The topological polar surface area (TPSA) is 15.6 Å². The molecule has 0 aromatic heterocycles. The Morgan fingerprint density at radius 3 is 1.85 bits per heavy atom. The van der Waals surface area contributed by atoms with Gasteiger partial charge in [0, 0.05) is 23.3 Å². The first-order valence-electron chi connectivity index (χ1n) is 10.7. The molecule has 0 saturated carbocycles. The molecule has 0 unspecified atom stereocenters. The lowest BCUT2D eigenvalue weighted by Gasteiger charge is -2.26. The fourth-order valence-corrected chi connectivity index (χ4v) is 4.58. The zero-order chi connectivity index (χ0) is 22.9. The number of hydrogen-bond donors (Lipinski definition) is 0. The van der Waals surface area contributed by atoms with Crippen molar-refractivity contribution >= 4 is 38.5 Å². The highest BCUT2D eigenvalue weighted by Gasteiger charge is 2.15. The number of benzene rings is 4. The van der Waals surface area contributed by atoms with Crippen molar-refractivity contribution in [1.29, 1.82) is 0 Å². The summed E-state index contributed by atoms with van der Waals surface area (Å²) in [7, 11) is 0. The van der Waals surface area contributed by atoms with E-state index in [1.54, 1.807) is 23.9 Å². The van der Waals surface area contributed by atoms with E-state index in [0.29, 0.717) is 6.54 Å². The predicted octanol–water partition coefficient (Wildman–Crippen LogP) is 8.21. The standard InChI is InChI=1S/C28H24BrFN2S/c29-25-13-11-23(12-14-25)20-32(19-22-7-3-1-4-8-22)28(31-27-17-15-26(30)16-18-27)33-21-24-9-5-2-6-10-24/h1-18H,19-21H2. The normalized spacial score (nSPS) is 11.4. The monoisotopic (exact) mass is 518 g/mol. The number of hydrogen-bond acceptors (Lipinski definition) is 2. The molecule has 0 atom stereocenters. The van der Waals surface area contributed by atoms with Crippen LogP contribution in [-0.4, -0.2) is 10.1 Å². The third-order valence-electron chi connectivity index (χ3n) is 5.04. The van der Waals surface area contributed by atoms with Gasteiger partial charge in [0.2, 0.25) is 0 Å². The first kappa shape index (κ1) is 23.3. The van der Waals surface area contributed by atoms with Gasteiger partial charge in [-0.3, -0.25) is 0 Å². The summed E-state index contributed by atoms with van der Waals surface area (Å²) >= 11 is 5.22. The second-order valence-electron chi connectivity index (χ2n) is 7.61. The number of amidine groups is 1. The molecule has 4 rings (SSSR count). The van der Waals surface area contributed by atoms with Crippen molar-refractivity contribution in [2.24, 2.45) is 4.99 Å². The molecule has 0 aliphatic heterocycles. The average Bonchev–Trinajstić information content (AvgIpc) is 2.85. The van der Waals surface area contributed by atoms with Crippen LogP contribution >= 0.6 is 27.7 Å². The van der Waals surface area contributed by atoms with Crippen molar-refractivity contribution in [3.8, 4) is 0 Å². The maximum atomic E-state index is 13.5. The molecule has 0 saturated heterocycles. The van der Waals surface area contributed by atoms with Gasteiger partial charge in [0.15, 0.2) is 5.17 Å². The predicted molar refractivity (Wildman–Crippen MR) is 141 cm³/mol. The van der Waals surface area contributed by atoms with E-state index in [0.717, 1.165) is 27.6 Å². The molecule has 4 aromatic rings. The minimum Gasteiger partial charge on any atom is -0.343 e. The van der Waals surface area contributed by atoms with Crippen molar-refractivity contribution < 1.29 is 4.39 Å². The molecule has 4 aromatic carbocycles. The van der Waals surface area contributed by atoms with E-state index in [9.17, 15) is 4.39 Å². The lowest BCUT2D eigenvalue weighted by Crippen LogP contribution is -2.28. The Morgan fingerprint density at radius 1 is 0.697 bits per heavy atom. The lowest BCUT2D eigenvalue weighted by molar-refractivity contribution is 0.415. The summed E-state index contributed by atoms with van der Waals surface area (Å²) in [6.45, 7) is 1.43. The summed E-state index contributed by atoms with van der Waals surface area (Å²) in [5, 5.41) is 0.900. The van der Waals surface area contributed by atoms with E-state index < -0.39 is 0 Å². The van der Waals surface area contributed by atoms with Crippen LogP contribution in [0, 0.1) is 5.82 Å². The molecule has 0 bridgehead atoms. The van der Waals surface area contributed by atoms with Crippen molar-refractivity contribution in [2.75, 3.05) is 0 Å². The van der Waals surface area contributed by atoms with Crippen LogP contribution in [0.15, 0.2) is 119 Å². The third kappa shape index (κ3) is 7.31. The molecule has 0 radical (unpaired) electrons. The Kier molecular flexibility index (Phi) is 8.34. The maximum absolute atomic E-state index is 13.5. The van der Waals surface area contributed by atoms with Gasteiger partial charge in [0.25, 0.3) is 0 Å². The molecule has 0 amide bonds. The number of halogens is 2. The molecule has 0 fully saturated rings. The zero-order valence-corrected chi connectivity index (χ0v) is 20.5. The molecule has 5 heteroatoms. The molecule has 33 heavy (non-hydrogen) atoms. The van der Waals surface area contributed by atoms with Crippen LogP contribution in [0.2, 0.25) is 0 Å². The summed E-state index contributed by atoms with van der Waals surface area (Å²) in [6.07, 6.45) is 0. The highest BCUT2D eigenvalue weighted by atomic mass is 79.9. The number of rotatable bonds is 7. The second-order valence-corrected chi connectivity index (χ2v) is 9.47. The summed E-state index contributed by atoms with van der Waals surface area (Å²) in [5.74, 6) is 0.537. The summed E-state index contributed by atoms with van der Waals surface area (Å²) < 4.78 is 14.5. The Labute approximate surface area is 207 Å². The van der Waals surface area contributed by atoms with Crippen LogP contribution in [0.3, 0.4) is 0 Å². The van der Waals surface area contributed by atoms with Gasteiger partial charge in [-0.15, -0.1) is 0 Å². The lowest BCUT2D eigenvalue weighted by atomic mass is 10.2. The molecule has 0 aliphatic carbocycles. The Balaban J connectivity index is 1.67. The van der Waals surface area contributed by atoms with Gasteiger partial charge in [-0.2, -0.15) is 0 Å². The fraction of sp³-hybridized carbons (Fsp3) is 0.107. The molecule has 0 heterocycles. The summed E-state index contributed by atoms with van der Waals surface area (Å²) in [5.41, 5.74) is 4.38. The smallest absolute Gasteiger partial charge is 0.165 e. The van der Waals surface area contributed by atoms with Gasteiger partial charge < -0.3 is 4.90 Å². The first-order chi connectivity index (χ1) is 16.2. The highest BCUT2D eigenvalue weighted by molar-refractivity contribution is 9.10. The Morgan fingerprint density at radius 2 is 1.24 bits per heavy atom. The van der Waals surface area contributed by atoms with Crippen LogP contribution in [0.4, 0.5) is 10.1 Å². The van der Waals surface area contributed by atoms with Crippen LogP contribution in [0.25, 0.3) is 0 Å². The van der Waals surface area contributed by atoms with Gasteiger partial charge in [-0.1, -0.05) is 100 Å². The van der Waals surface area contributed by atoms with Crippen LogP contribution in [-0.2, 0) is 18.8 Å². The zero-order valence-electron chi connectivity index (χ0n) is 18.1. The van der Waals surface area contributed by atoms with Gasteiger partial charge >= 0.3 is 0 Å². The van der Waals surface area contributed by atoms with Gasteiger partial charge in [0.05, 0.1) is 5.69 Å². The molecular weight excluding hydrogens is 495 g/mol. The summed E-state index contributed by atoms with van der Waals surface area (Å²) in [4.78, 5) is 7.24. The van der Waals surface area contributed by atoms with E-state index in [2.05, 4.69) is 93.6 Å². The maximum Gasteiger partial charge on any atom is 0.165 e. The largest absolute Gasteiger partial charge is 0.343 e. The van der Waals surface area contributed by atoms with E-state index in [-0.39, 0.29) is 5.82 Å². The van der Waals surface area contributed by atoms with Crippen molar-refractivity contribution in [2.45, 2.75) is 18.8 Å². The minimum atomic E-state index is -0.261. The Bertz CT molecular complexity index is 1160. The second kappa shape index (κ2) is 11.8. The van der Waals surface area contributed by atoms with E-state index >= 15 is 0 Å². The Hall–Kier alpha value is -2.89. The first-order valence-corrected chi connectivity index (χ1v) is 12.5. The minimum absolute atomic E-state index is 0.261. The highest BCUT2D eigenvalue weighted by Crippen LogP contribution is 2.25. The SMILES string of the molecule is Fc1ccc(N=C(SCc2ccccc2)N(Cc2ccccc2)Cc2ccc(Br)cc2)cc1. The van der Waals surface area contributed by atoms with E-state index in [1.807, 2.05) is 12.1 Å². The van der Waals surface area contributed by atoms with E-state index in [4.69, 9.17) is 4.99 Å². The van der Waals surface area contributed by atoms with Gasteiger partial charge in [-0.25, -0.2) is 9.38 Å². The molecule has 0 spiro atoms. The van der Waals surface area contributed by atoms with Crippen molar-refractivity contribution in [3.63, 3.8) is 0 Å². The van der Waals surface area contributed by atoms with Crippen LogP contribution in [0.5, 0.6) is 0 Å². The van der Waals surface area contributed by atoms with E-state index in [1.165, 1.54) is 28.8 Å². The molecule has 0 aliphatic rings. The molecular formula is C28H24BrFN2S. The van der Waals surface area contributed by atoms with Crippen molar-refractivity contribution in [1.82, 2.24) is 4.90 Å². The number of aliphatic imine (C=N–C) groups is 1. The van der Waals surface area contributed by atoms with Gasteiger partial charge in [0.1, 0.15) is 5.82 Å². The molecule has 166 valence electrons. The number of thioether (sulfide) groups is 1. The van der Waals surface area contributed by atoms with Crippen LogP contribution < -0.4 is 0 Å². The van der Waals surface area contributed by atoms with Crippen LogP contribution in [0.1, 0.15) is 16.7 Å². The summed E-state index contributed by atoms with van der Waals surface area (Å²) in [6, 6.07) is 35.5. The third-order valence-corrected chi connectivity index (χ3v) is 6.65. The average molecular weight is 519 g/mol. The van der Waals surface area contributed by atoms with Gasteiger partial charge in [-0.05, 0) is 53.1 Å². The molecule has 0 N–H and O–H groups in total. The quantitative estimate of drug-likeness (QED) is 0.181.